The molecule has 0 spiro atoms. The Balaban J connectivity index is 2.01. The Morgan fingerprint density at radius 1 is 1.13 bits per heavy atom. The molecule has 0 radical (unpaired) electrons. The van der Waals surface area contributed by atoms with Crippen molar-refractivity contribution in [1.29, 1.82) is 0 Å². The van der Waals surface area contributed by atoms with Crippen LogP contribution in [0.1, 0.15) is 24.8 Å². The molecular weight excluding hydrogens is 202 g/mol. The van der Waals surface area contributed by atoms with Gasteiger partial charge in [0, 0.05) is 12.7 Å². The maximum absolute atomic E-state index is 5.32. The molecule has 0 amide bonds. The van der Waals surface area contributed by atoms with Gasteiger partial charge in [-0.25, -0.2) is 0 Å². The van der Waals surface area contributed by atoms with Crippen molar-refractivity contribution in [2.75, 3.05) is 6.54 Å². The highest BCUT2D eigenvalue weighted by molar-refractivity contribution is 7.80. The third-order valence-corrected chi connectivity index (χ3v) is 3.05. The van der Waals surface area contributed by atoms with Crippen LogP contribution >= 0.6 is 12.2 Å². The molecule has 0 bridgehead atoms. The van der Waals surface area contributed by atoms with E-state index in [1.807, 2.05) is 18.2 Å². The van der Waals surface area contributed by atoms with Crippen molar-refractivity contribution in [3.05, 3.63) is 42.1 Å². The minimum Gasteiger partial charge on any atom is -0.343 e. The van der Waals surface area contributed by atoms with Crippen LogP contribution in [0.4, 0.5) is 0 Å². The van der Waals surface area contributed by atoms with Crippen molar-refractivity contribution in [1.82, 2.24) is 4.90 Å². The van der Waals surface area contributed by atoms with Gasteiger partial charge in [0.05, 0.1) is 4.99 Å². The van der Waals surface area contributed by atoms with E-state index in [2.05, 4.69) is 29.3 Å². The molecule has 2 heteroatoms. The molecule has 0 saturated carbocycles. The molecule has 1 aromatic carbocycles. The minimum absolute atomic E-state index is 1.06. The highest BCUT2D eigenvalue weighted by Gasteiger charge is 2.11. The summed E-state index contributed by atoms with van der Waals surface area (Å²) >= 11 is 5.32. The van der Waals surface area contributed by atoms with Gasteiger partial charge in [0.25, 0.3) is 0 Å². The summed E-state index contributed by atoms with van der Waals surface area (Å²) in [5, 5.41) is 0. The van der Waals surface area contributed by atoms with Crippen LogP contribution in [0.2, 0.25) is 0 Å². The first-order valence-corrected chi connectivity index (χ1v) is 5.80. The van der Waals surface area contributed by atoms with Crippen LogP contribution < -0.4 is 0 Å². The van der Waals surface area contributed by atoms with E-state index in [1.165, 1.54) is 18.4 Å². The van der Waals surface area contributed by atoms with E-state index in [9.17, 15) is 0 Å². The van der Waals surface area contributed by atoms with Crippen LogP contribution in [0.3, 0.4) is 0 Å². The standard InChI is InChI=1S/C13H15NS/c15-13-8-4-5-10-14(13)11-9-12-6-2-1-3-7-12/h1-3,6-7,9,11H,4-5,8,10H2/b11-9+. The smallest absolute Gasteiger partial charge is 0.0818 e. The lowest BCUT2D eigenvalue weighted by Gasteiger charge is -2.25. The van der Waals surface area contributed by atoms with E-state index >= 15 is 0 Å². The van der Waals surface area contributed by atoms with Crippen molar-refractivity contribution < 1.29 is 0 Å². The first kappa shape index (κ1) is 10.4. The van der Waals surface area contributed by atoms with E-state index in [0.29, 0.717) is 0 Å². The molecule has 2 rings (SSSR count). The highest BCUT2D eigenvalue weighted by atomic mass is 32.1. The molecule has 0 aliphatic carbocycles. The van der Waals surface area contributed by atoms with Gasteiger partial charge in [0.1, 0.15) is 0 Å². The molecule has 1 fully saturated rings. The summed E-state index contributed by atoms with van der Waals surface area (Å²) in [6, 6.07) is 10.3. The Bertz CT molecular complexity index is 356. The van der Waals surface area contributed by atoms with Crippen molar-refractivity contribution in [3.8, 4) is 0 Å². The zero-order valence-electron chi connectivity index (χ0n) is 8.73. The van der Waals surface area contributed by atoms with Crippen molar-refractivity contribution in [2.45, 2.75) is 19.3 Å². The van der Waals surface area contributed by atoms with Crippen LogP contribution in [0.5, 0.6) is 0 Å². The third kappa shape index (κ3) is 2.90. The Morgan fingerprint density at radius 3 is 2.67 bits per heavy atom. The first-order valence-electron chi connectivity index (χ1n) is 5.39. The van der Waals surface area contributed by atoms with Crippen LogP contribution in [0, 0.1) is 0 Å². The van der Waals surface area contributed by atoms with Crippen molar-refractivity contribution in [3.63, 3.8) is 0 Å². The number of thiocarbonyl (C=S) groups is 1. The number of likely N-dealkylation sites (tertiary alicyclic amines) is 1. The lowest BCUT2D eigenvalue weighted by Crippen LogP contribution is -2.28. The third-order valence-electron chi connectivity index (χ3n) is 2.61. The maximum Gasteiger partial charge on any atom is 0.0818 e. The number of hydrogen-bond acceptors (Lipinski definition) is 1. The van der Waals surface area contributed by atoms with Gasteiger partial charge in [-0.15, -0.1) is 0 Å². The molecule has 1 aliphatic rings. The van der Waals surface area contributed by atoms with E-state index in [4.69, 9.17) is 12.2 Å². The zero-order chi connectivity index (χ0) is 10.5. The summed E-state index contributed by atoms with van der Waals surface area (Å²) in [5.41, 5.74) is 1.23. The molecule has 0 aromatic heterocycles. The summed E-state index contributed by atoms with van der Waals surface area (Å²) in [7, 11) is 0. The predicted octanol–water partition coefficient (Wildman–Crippen LogP) is 3.47. The van der Waals surface area contributed by atoms with Gasteiger partial charge >= 0.3 is 0 Å². The average Bonchev–Trinajstić information content (AvgIpc) is 2.29. The molecule has 1 aromatic rings. The monoisotopic (exact) mass is 217 g/mol. The summed E-state index contributed by atoms with van der Waals surface area (Å²) in [5.74, 6) is 0. The van der Waals surface area contributed by atoms with Gasteiger partial charge in [-0.2, -0.15) is 0 Å². The van der Waals surface area contributed by atoms with Crippen LogP contribution in [-0.2, 0) is 0 Å². The number of hydrogen-bond donors (Lipinski definition) is 0. The van der Waals surface area contributed by atoms with Gasteiger partial charge in [0.2, 0.25) is 0 Å². The normalized spacial score (nSPS) is 17.3. The number of benzene rings is 1. The molecular formula is C13H15NS. The molecule has 0 unspecified atom stereocenters. The molecule has 1 nitrogen and oxygen atoms in total. The van der Waals surface area contributed by atoms with Gasteiger partial charge in [-0.3, -0.25) is 0 Å². The second-order valence-corrected chi connectivity index (χ2v) is 4.24. The molecule has 15 heavy (non-hydrogen) atoms. The molecule has 0 N–H and O–H groups in total. The molecule has 78 valence electrons. The van der Waals surface area contributed by atoms with Crippen molar-refractivity contribution in [2.24, 2.45) is 0 Å². The first-order chi connectivity index (χ1) is 7.36. The Morgan fingerprint density at radius 2 is 1.93 bits per heavy atom. The topological polar surface area (TPSA) is 3.24 Å². The SMILES string of the molecule is S=C1CCCCN1/C=C/c1ccccc1. The van der Waals surface area contributed by atoms with Gasteiger partial charge in [0.15, 0.2) is 0 Å². The zero-order valence-corrected chi connectivity index (χ0v) is 9.54. The minimum atomic E-state index is 1.06. The fraction of sp³-hybridized carbons (Fsp3) is 0.308. The van der Waals surface area contributed by atoms with Crippen LogP contribution in [0.15, 0.2) is 36.5 Å². The number of rotatable bonds is 2. The summed E-state index contributed by atoms with van der Waals surface area (Å²) in [6.07, 6.45) is 7.79. The maximum atomic E-state index is 5.32. The predicted molar refractivity (Wildman–Crippen MR) is 68.6 cm³/mol. The second-order valence-electron chi connectivity index (χ2n) is 3.77. The molecule has 0 atom stereocenters. The van der Waals surface area contributed by atoms with Crippen LogP contribution in [-0.4, -0.2) is 16.4 Å². The Labute approximate surface area is 96.4 Å². The summed E-state index contributed by atoms with van der Waals surface area (Å²) in [4.78, 5) is 3.26. The molecule has 1 saturated heterocycles. The fourth-order valence-electron chi connectivity index (χ4n) is 1.72. The quantitative estimate of drug-likeness (QED) is 0.698. The lowest BCUT2D eigenvalue weighted by atomic mass is 10.1. The largest absolute Gasteiger partial charge is 0.343 e. The lowest BCUT2D eigenvalue weighted by molar-refractivity contribution is 0.483. The second kappa shape index (κ2) is 5.08. The Kier molecular flexibility index (Phi) is 3.51. The summed E-state index contributed by atoms with van der Waals surface area (Å²) < 4.78 is 0. The number of piperidine rings is 1. The molecule has 1 heterocycles. The van der Waals surface area contributed by atoms with Gasteiger partial charge < -0.3 is 4.90 Å². The van der Waals surface area contributed by atoms with Gasteiger partial charge in [-0.05, 0) is 30.9 Å². The van der Waals surface area contributed by atoms with Gasteiger partial charge in [-0.1, -0.05) is 42.5 Å². The van der Waals surface area contributed by atoms with E-state index < -0.39 is 0 Å². The van der Waals surface area contributed by atoms with E-state index in [0.717, 1.165) is 18.0 Å². The van der Waals surface area contributed by atoms with Crippen LogP contribution in [0.25, 0.3) is 6.08 Å². The van der Waals surface area contributed by atoms with E-state index in [-0.39, 0.29) is 0 Å². The highest BCUT2D eigenvalue weighted by Crippen LogP contribution is 2.13. The fourth-order valence-corrected chi connectivity index (χ4v) is 2.02. The molecule has 1 aliphatic heterocycles. The number of nitrogens with zero attached hydrogens (tertiary/aromatic N) is 1. The van der Waals surface area contributed by atoms with Crippen molar-refractivity contribution >= 4 is 23.3 Å². The summed E-state index contributed by atoms with van der Waals surface area (Å²) in [6.45, 7) is 1.07. The van der Waals surface area contributed by atoms with E-state index in [1.54, 1.807) is 0 Å². The Hall–Kier alpha value is -1.15. The average molecular weight is 217 g/mol.